The molecule has 1 amide bonds. The Balaban J connectivity index is 1.82. The van der Waals surface area contributed by atoms with Gasteiger partial charge in [-0.15, -0.1) is 0 Å². The maximum Gasteiger partial charge on any atom is 0.243 e. The maximum absolute atomic E-state index is 11.7. The van der Waals surface area contributed by atoms with Crippen molar-refractivity contribution in [2.45, 2.75) is 33.4 Å². The lowest BCUT2D eigenvalue weighted by atomic mass is 10.1. The summed E-state index contributed by atoms with van der Waals surface area (Å²) in [5.41, 5.74) is 3.87. The molecule has 28 heavy (non-hydrogen) atoms. The summed E-state index contributed by atoms with van der Waals surface area (Å²) in [7, 11) is 0. The third kappa shape index (κ3) is 4.20. The number of nitrogens with one attached hydrogen (secondary N) is 1. The topological polar surface area (TPSA) is 56.2 Å². The number of amides is 1. The summed E-state index contributed by atoms with van der Waals surface area (Å²) in [6.07, 6.45) is 1.26. The number of hydrogen-bond donors (Lipinski definition) is 1. The number of carbonyl (C=O) groups excluding carboxylic acids is 1. The van der Waals surface area contributed by atoms with Crippen LogP contribution in [0.2, 0.25) is 5.02 Å². The Kier molecular flexibility index (Phi) is 6.05. The third-order valence-electron chi connectivity index (χ3n) is 4.61. The minimum atomic E-state index is -0.252. The fourth-order valence-corrected chi connectivity index (χ4v) is 3.35. The van der Waals surface area contributed by atoms with Crippen molar-refractivity contribution in [3.8, 4) is 5.75 Å². The lowest BCUT2D eigenvalue weighted by Gasteiger charge is -2.16. The highest BCUT2D eigenvalue weighted by atomic mass is 35.5. The summed E-state index contributed by atoms with van der Waals surface area (Å²) < 4.78 is 8.05. The summed E-state index contributed by atoms with van der Waals surface area (Å²) in [6, 6.07) is 11.5. The molecule has 0 aliphatic heterocycles. The van der Waals surface area contributed by atoms with Crippen LogP contribution in [0.15, 0.2) is 49.1 Å². The minimum absolute atomic E-state index is 0.227. The first-order valence-electron chi connectivity index (χ1n) is 9.18. The SMILES string of the molecule is C=CC(=O)NC(C)c1nc2ccccc2n1CCOc1cc(C)c(Cl)c(C)c1. The molecule has 0 saturated carbocycles. The number of imidazole rings is 1. The van der Waals surface area contributed by atoms with E-state index in [9.17, 15) is 4.79 Å². The number of ether oxygens (including phenoxy) is 1. The number of halogens is 1. The Bertz CT molecular complexity index is 1000. The van der Waals surface area contributed by atoms with E-state index in [-0.39, 0.29) is 11.9 Å². The fraction of sp³-hybridized carbons (Fsp3) is 0.273. The van der Waals surface area contributed by atoms with Gasteiger partial charge >= 0.3 is 0 Å². The van der Waals surface area contributed by atoms with Crippen molar-refractivity contribution in [3.63, 3.8) is 0 Å². The number of aromatic nitrogens is 2. The fourth-order valence-electron chi connectivity index (χ4n) is 3.24. The Morgan fingerprint density at radius 1 is 1.32 bits per heavy atom. The molecule has 0 aliphatic carbocycles. The number of carbonyl (C=O) groups is 1. The van der Waals surface area contributed by atoms with Gasteiger partial charge in [0, 0.05) is 5.02 Å². The van der Waals surface area contributed by atoms with Crippen LogP contribution in [0.5, 0.6) is 5.75 Å². The smallest absolute Gasteiger partial charge is 0.243 e. The van der Waals surface area contributed by atoms with Crippen LogP contribution < -0.4 is 10.1 Å². The molecule has 0 fully saturated rings. The second-order valence-electron chi connectivity index (χ2n) is 6.76. The normalized spacial score (nSPS) is 12.0. The van der Waals surface area contributed by atoms with Gasteiger partial charge in [-0.25, -0.2) is 4.98 Å². The van der Waals surface area contributed by atoms with Crippen LogP contribution in [0.25, 0.3) is 11.0 Å². The Morgan fingerprint density at radius 2 is 2.00 bits per heavy atom. The minimum Gasteiger partial charge on any atom is -0.492 e. The van der Waals surface area contributed by atoms with Crippen LogP contribution >= 0.6 is 11.6 Å². The highest BCUT2D eigenvalue weighted by Crippen LogP contribution is 2.26. The average Bonchev–Trinajstić information content (AvgIpc) is 3.05. The molecule has 0 bridgehead atoms. The molecule has 0 spiro atoms. The zero-order valence-corrected chi connectivity index (χ0v) is 17.1. The zero-order valence-electron chi connectivity index (χ0n) is 16.3. The summed E-state index contributed by atoms with van der Waals surface area (Å²) in [4.78, 5) is 16.4. The molecule has 1 N–H and O–H groups in total. The second kappa shape index (κ2) is 8.48. The van der Waals surface area contributed by atoms with Crippen molar-refractivity contribution in [3.05, 3.63) is 71.0 Å². The molecule has 1 unspecified atom stereocenters. The van der Waals surface area contributed by atoms with Crippen LogP contribution in [0.4, 0.5) is 0 Å². The van der Waals surface area contributed by atoms with E-state index in [0.717, 1.165) is 38.8 Å². The molecule has 1 atom stereocenters. The Hall–Kier alpha value is -2.79. The predicted octanol–water partition coefficient (Wildman–Crippen LogP) is 4.75. The van der Waals surface area contributed by atoms with Crippen molar-refractivity contribution in [2.24, 2.45) is 0 Å². The Labute approximate surface area is 170 Å². The summed E-state index contributed by atoms with van der Waals surface area (Å²) in [5.74, 6) is 1.34. The molecule has 1 heterocycles. The van der Waals surface area contributed by atoms with Gasteiger partial charge < -0.3 is 14.6 Å². The van der Waals surface area contributed by atoms with Gasteiger partial charge in [0.25, 0.3) is 0 Å². The van der Waals surface area contributed by atoms with Crippen LogP contribution in [-0.4, -0.2) is 22.1 Å². The molecular formula is C22H24ClN3O2. The monoisotopic (exact) mass is 397 g/mol. The van der Waals surface area contributed by atoms with Gasteiger partial charge in [-0.3, -0.25) is 4.79 Å². The molecule has 6 heteroatoms. The van der Waals surface area contributed by atoms with E-state index in [0.29, 0.717) is 13.2 Å². The van der Waals surface area contributed by atoms with E-state index in [4.69, 9.17) is 21.3 Å². The molecule has 2 aromatic carbocycles. The van der Waals surface area contributed by atoms with E-state index >= 15 is 0 Å². The van der Waals surface area contributed by atoms with Crippen molar-refractivity contribution >= 4 is 28.5 Å². The molecule has 0 radical (unpaired) electrons. The summed E-state index contributed by atoms with van der Waals surface area (Å²) >= 11 is 6.23. The number of nitrogens with zero attached hydrogens (tertiary/aromatic N) is 2. The van der Waals surface area contributed by atoms with Gasteiger partial charge in [-0.05, 0) is 62.2 Å². The van der Waals surface area contributed by atoms with Gasteiger partial charge in [0.1, 0.15) is 18.2 Å². The highest BCUT2D eigenvalue weighted by molar-refractivity contribution is 6.32. The van der Waals surface area contributed by atoms with Crippen molar-refractivity contribution in [1.29, 1.82) is 0 Å². The number of para-hydroxylation sites is 2. The third-order valence-corrected chi connectivity index (χ3v) is 5.21. The second-order valence-corrected chi connectivity index (χ2v) is 7.14. The quantitative estimate of drug-likeness (QED) is 0.585. The molecule has 146 valence electrons. The molecule has 0 aliphatic rings. The van der Waals surface area contributed by atoms with Gasteiger partial charge in [0.2, 0.25) is 5.91 Å². The average molecular weight is 398 g/mol. The molecule has 5 nitrogen and oxygen atoms in total. The van der Waals surface area contributed by atoms with Gasteiger partial charge in [-0.1, -0.05) is 30.3 Å². The van der Waals surface area contributed by atoms with Gasteiger partial charge in [0.05, 0.1) is 23.6 Å². The Morgan fingerprint density at radius 3 is 2.68 bits per heavy atom. The van der Waals surface area contributed by atoms with Crippen LogP contribution in [-0.2, 0) is 11.3 Å². The number of hydrogen-bond acceptors (Lipinski definition) is 3. The van der Waals surface area contributed by atoms with E-state index in [1.807, 2.05) is 57.2 Å². The maximum atomic E-state index is 11.7. The first-order chi connectivity index (χ1) is 13.4. The summed E-state index contributed by atoms with van der Waals surface area (Å²) in [5, 5.41) is 3.65. The molecule has 1 aromatic heterocycles. The van der Waals surface area contributed by atoms with E-state index < -0.39 is 0 Å². The molecule has 3 rings (SSSR count). The van der Waals surface area contributed by atoms with Gasteiger partial charge in [0.15, 0.2) is 0 Å². The number of aryl methyl sites for hydroxylation is 2. The largest absolute Gasteiger partial charge is 0.492 e. The van der Waals surface area contributed by atoms with Crippen LogP contribution in [0.1, 0.15) is 29.9 Å². The van der Waals surface area contributed by atoms with Crippen LogP contribution in [0.3, 0.4) is 0 Å². The van der Waals surface area contributed by atoms with E-state index in [1.165, 1.54) is 6.08 Å². The number of fused-ring (bicyclic) bond motifs is 1. The first kappa shape index (κ1) is 20.0. The standard InChI is InChI=1S/C22H24ClN3O2/c1-5-20(27)24-16(4)22-25-18-8-6-7-9-19(18)26(22)10-11-28-17-12-14(2)21(23)15(3)13-17/h5-9,12-13,16H,1,10-11H2,2-4H3,(H,24,27). The van der Waals surface area contributed by atoms with Crippen molar-refractivity contribution in [1.82, 2.24) is 14.9 Å². The molecule has 3 aromatic rings. The van der Waals surface area contributed by atoms with Crippen molar-refractivity contribution in [2.75, 3.05) is 6.61 Å². The van der Waals surface area contributed by atoms with E-state index in [2.05, 4.69) is 16.5 Å². The lowest BCUT2D eigenvalue weighted by molar-refractivity contribution is -0.117. The number of benzene rings is 2. The van der Waals surface area contributed by atoms with Gasteiger partial charge in [-0.2, -0.15) is 0 Å². The summed E-state index contributed by atoms with van der Waals surface area (Å²) in [6.45, 7) is 10.4. The molecular weight excluding hydrogens is 374 g/mol. The van der Waals surface area contributed by atoms with Crippen LogP contribution in [0, 0.1) is 13.8 Å². The highest BCUT2D eigenvalue weighted by Gasteiger charge is 2.17. The zero-order chi connectivity index (χ0) is 20.3. The van der Waals surface area contributed by atoms with Crippen molar-refractivity contribution < 1.29 is 9.53 Å². The predicted molar refractivity (Wildman–Crippen MR) is 113 cm³/mol. The number of rotatable bonds is 7. The lowest BCUT2D eigenvalue weighted by Crippen LogP contribution is -2.27. The van der Waals surface area contributed by atoms with E-state index in [1.54, 1.807) is 0 Å². The molecule has 0 saturated heterocycles. The first-order valence-corrected chi connectivity index (χ1v) is 9.56.